The molecule has 3 nitrogen and oxygen atoms in total. The molecule has 109 valence electrons. The van der Waals surface area contributed by atoms with E-state index in [1.54, 1.807) is 17.5 Å². The van der Waals surface area contributed by atoms with E-state index in [1.807, 2.05) is 6.07 Å². The van der Waals surface area contributed by atoms with Gasteiger partial charge in [0.25, 0.3) is 0 Å². The molecule has 21 heavy (non-hydrogen) atoms. The van der Waals surface area contributed by atoms with Gasteiger partial charge in [-0.05, 0) is 36.6 Å². The summed E-state index contributed by atoms with van der Waals surface area (Å²) in [5, 5.41) is 3.13. The summed E-state index contributed by atoms with van der Waals surface area (Å²) >= 11 is 1.68. The van der Waals surface area contributed by atoms with E-state index >= 15 is 0 Å². The van der Waals surface area contributed by atoms with E-state index in [1.165, 1.54) is 10.9 Å². The first kappa shape index (κ1) is 13.4. The Bertz CT molecular complexity index is 636. The summed E-state index contributed by atoms with van der Waals surface area (Å²) in [4.78, 5) is 7.61. The van der Waals surface area contributed by atoms with Gasteiger partial charge in [-0.15, -0.1) is 11.3 Å². The average Bonchev–Trinajstić information content (AvgIpc) is 3.11. The lowest BCUT2D eigenvalue weighted by Gasteiger charge is -2.39. The molecule has 2 aliphatic rings. The molecule has 2 aliphatic heterocycles. The summed E-state index contributed by atoms with van der Waals surface area (Å²) in [7, 11) is 0. The maximum absolute atomic E-state index is 13.2. The number of thiophene rings is 1. The van der Waals surface area contributed by atoms with Gasteiger partial charge in [0.05, 0.1) is 12.2 Å². The second-order valence-electron chi connectivity index (χ2n) is 5.74. The van der Waals surface area contributed by atoms with Crippen molar-refractivity contribution in [2.75, 3.05) is 13.1 Å². The van der Waals surface area contributed by atoms with Crippen molar-refractivity contribution >= 4 is 11.3 Å². The highest BCUT2D eigenvalue weighted by atomic mass is 32.1. The molecule has 1 fully saturated rings. The summed E-state index contributed by atoms with van der Waals surface area (Å²) in [5.74, 6) is -0.416. The Hall–Kier alpha value is -1.30. The predicted octanol–water partition coefficient (Wildman–Crippen LogP) is 3.10. The van der Waals surface area contributed by atoms with Crippen LogP contribution in [0.3, 0.4) is 0 Å². The third kappa shape index (κ3) is 2.39. The number of piperidine rings is 1. The molecule has 0 unspecified atom stereocenters. The summed E-state index contributed by atoms with van der Waals surface area (Å²) in [6, 6.07) is 5.61. The lowest BCUT2D eigenvalue weighted by molar-refractivity contribution is -0.0799. The summed E-state index contributed by atoms with van der Waals surface area (Å²) < 4.78 is 19.3. The van der Waals surface area contributed by atoms with E-state index in [0.717, 1.165) is 43.6 Å². The fraction of sp³-hybridized carbons (Fsp3) is 0.438. The number of fused-ring (bicyclic) bond motifs is 2. The second-order valence-corrected chi connectivity index (χ2v) is 6.71. The van der Waals surface area contributed by atoms with Gasteiger partial charge in [0.2, 0.25) is 5.95 Å². The predicted molar refractivity (Wildman–Crippen MR) is 78.3 cm³/mol. The van der Waals surface area contributed by atoms with Crippen molar-refractivity contribution in [3.63, 3.8) is 0 Å². The molecule has 4 rings (SSSR count). The van der Waals surface area contributed by atoms with Gasteiger partial charge in [0, 0.05) is 41.7 Å². The molecule has 2 aromatic rings. The fourth-order valence-electron chi connectivity index (χ4n) is 3.35. The first-order valence-electron chi connectivity index (χ1n) is 7.21. The van der Waals surface area contributed by atoms with Crippen LogP contribution in [0.1, 0.15) is 28.8 Å². The van der Waals surface area contributed by atoms with Gasteiger partial charge in [0.1, 0.15) is 0 Å². The Kier molecular flexibility index (Phi) is 3.28. The van der Waals surface area contributed by atoms with Crippen LogP contribution in [0.25, 0.3) is 0 Å². The zero-order valence-corrected chi connectivity index (χ0v) is 12.5. The number of pyridine rings is 1. The number of aromatic nitrogens is 1. The van der Waals surface area contributed by atoms with Gasteiger partial charge in [-0.2, -0.15) is 4.39 Å². The van der Waals surface area contributed by atoms with Gasteiger partial charge in [-0.3, -0.25) is 4.90 Å². The molecule has 1 radical (unpaired) electrons. The third-order valence-corrected chi connectivity index (χ3v) is 5.30. The van der Waals surface area contributed by atoms with E-state index in [0.29, 0.717) is 6.61 Å². The molecule has 4 heterocycles. The Labute approximate surface area is 127 Å². The van der Waals surface area contributed by atoms with Gasteiger partial charge in [-0.1, -0.05) is 0 Å². The highest BCUT2D eigenvalue weighted by Crippen LogP contribution is 2.44. The van der Waals surface area contributed by atoms with Crippen LogP contribution >= 0.6 is 11.3 Å². The topological polar surface area (TPSA) is 25.4 Å². The number of halogens is 1. The molecule has 0 saturated carbocycles. The van der Waals surface area contributed by atoms with Crippen molar-refractivity contribution in [1.29, 1.82) is 0 Å². The van der Waals surface area contributed by atoms with Crippen LogP contribution in [0.2, 0.25) is 0 Å². The number of hydrogen-bond donors (Lipinski definition) is 0. The standard InChI is InChI=1S/C16H16FN2OS/c17-15-8-12-11-20-16(14(12)9-18-15)3-5-19(6-4-16)10-13-2-1-7-21-13/h1-2,8-9H,3-6,10-11H2. The average molecular weight is 303 g/mol. The Balaban J connectivity index is 1.48. The molecular formula is C16H16FN2OS. The highest BCUT2D eigenvalue weighted by Gasteiger charge is 2.43. The number of nitrogens with zero attached hydrogens (tertiary/aromatic N) is 2. The maximum Gasteiger partial charge on any atom is 0.213 e. The molecule has 1 spiro atoms. The maximum atomic E-state index is 13.2. The molecule has 0 aliphatic carbocycles. The Morgan fingerprint density at radius 3 is 3.05 bits per heavy atom. The second kappa shape index (κ2) is 5.16. The van der Waals surface area contributed by atoms with Crippen molar-refractivity contribution in [2.45, 2.75) is 31.6 Å². The zero-order chi connectivity index (χ0) is 14.3. The van der Waals surface area contributed by atoms with Crippen LogP contribution in [0, 0.1) is 11.3 Å². The number of hydrogen-bond acceptors (Lipinski definition) is 4. The van der Waals surface area contributed by atoms with Crippen molar-refractivity contribution in [2.24, 2.45) is 0 Å². The molecule has 1 saturated heterocycles. The Morgan fingerprint density at radius 1 is 1.43 bits per heavy atom. The Morgan fingerprint density at radius 2 is 2.29 bits per heavy atom. The van der Waals surface area contributed by atoms with Crippen molar-refractivity contribution in [3.8, 4) is 0 Å². The van der Waals surface area contributed by atoms with E-state index in [4.69, 9.17) is 4.74 Å². The number of rotatable bonds is 2. The minimum absolute atomic E-state index is 0.242. The minimum atomic E-state index is -0.416. The summed E-state index contributed by atoms with van der Waals surface area (Å²) in [5.41, 5.74) is 1.81. The van der Waals surface area contributed by atoms with Crippen molar-refractivity contribution in [1.82, 2.24) is 9.88 Å². The van der Waals surface area contributed by atoms with E-state index in [9.17, 15) is 4.39 Å². The van der Waals surface area contributed by atoms with Crippen LogP contribution in [0.15, 0.2) is 24.4 Å². The fourth-order valence-corrected chi connectivity index (χ4v) is 4.02. The smallest absolute Gasteiger partial charge is 0.213 e. The van der Waals surface area contributed by atoms with Crippen LogP contribution < -0.4 is 0 Å². The van der Waals surface area contributed by atoms with Crippen LogP contribution in [-0.4, -0.2) is 23.0 Å². The molecule has 5 heteroatoms. The van der Waals surface area contributed by atoms with E-state index in [-0.39, 0.29) is 5.60 Å². The third-order valence-electron chi connectivity index (χ3n) is 4.52. The lowest BCUT2D eigenvalue weighted by atomic mass is 9.85. The monoisotopic (exact) mass is 303 g/mol. The molecular weight excluding hydrogens is 287 g/mol. The number of likely N-dealkylation sites (tertiary alicyclic amines) is 1. The van der Waals surface area contributed by atoms with Crippen molar-refractivity contribution in [3.05, 3.63) is 51.7 Å². The van der Waals surface area contributed by atoms with Crippen LogP contribution in [0.5, 0.6) is 0 Å². The highest BCUT2D eigenvalue weighted by molar-refractivity contribution is 7.09. The minimum Gasteiger partial charge on any atom is -0.365 e. The van der Waals surface area contributed by atoms with Gasteiger partial charge in [0.15, 0.2) is 0 Å². The van der Waals surface area contributed by atoms with Gasteiger partial charge >= 0.3 is 0 Å². The molecule has 0 atom stereocenters. The van der Waals surface area contributed by atoms with Gasteiger partial charge < -0.3 is 4.74 Å². The van der Waals surface area contributed by atoms with Crippen LogP contribution in [-0.2, 0) is 23.5 Å². The van der Waals surface area contributed by atoms with E-state index in [2.05, 4.69) is 21.3 Å². The molecule has 0 N–H and O–H groups in total. The quantitative estimate of drug-likeness (QED) is 0.797. The first-order valence-corrected chi connectivity index (χ1v) is 8.03. The zero-order valence-electron chi connectivity index (χ0n) is 11.6. The summed E-state index contributed by atoms with van der Waals surface area (Å²) in [6.07, 6.45) is 3.56. The number of ether oxygens (including phenoxy) is 1. The van der Waals surface area contributed by atoms with Gasteiger partial charge in [-0.25, -0.2) is 4.98 Å². The first-order chi connectivity index (χ1) is 10.3. The summed E-state index contributed by atoms with van der Waals surface area (Å²) in [6.45, 7) is 3.48. The largest absolute Gasteiger partial charge is 0.365 e. The van der Waals surface area contributed by atoms with Crippen molar-refractivity contribution < 1.29 is 9.13 Å². The molecule has 0 aromatic carbocycles. The van der Waals surface area contributed by atoms with Crippen LogP contribution in [0.4, 0.5) is 4.39 Å². The normalized spacial score (nSPS) is 20.8. The molecule has 0 bridgehead atoms. The SMILES string of the molecule is Fc1cc2c(cn1)C1(CCN(Cc3cc[c]s3)CC1)OC2. The molecule has 0 amide bonds. The molecule has 2 aromatic heterocycles. The lowest BCUT2D eigenvalue weighted by Crippen LogP contribution is -2.42. The van der Waals surface area contributed by atoms with E-state index < -0.39 is 5.95 Å².